The molecule has 104 valence electrons. The molecule has 1 amide bonds. The zero-order valence-corrected chi connectivity index (χ0v) is 11.1. The number of rotatable bonds is 4. The Bertz CT molecular complexity index is 726. The van der Waals surface area contributed by atoms with Gasteiger partial charge in [-0.05, 0) is 12.1 Å². The standard InChI is InChI=1S/C15H12N4O2/c20-15(12-8-4-5-9-16-12)17-10-13-18-14(19-21-13)11-6-2-1-3-7-11/h1-9H,10H2,(H,17,20). The molecule has 6 nitrogen and oxygen atoms in total. The number of aromatic nitrogens is 3. The van der Waals surface area contributed by atoms with Crippen LogP contribution in [0.3, 0.4) is 0 Å². The number of carbonyl (C=O) groups excluding carboxylic acids is 1. The molecule has 0 atom stereocenters. The molecule has 2 aromatic heterocycles. The second-order valence-electron chi connectivity index (χ2n) is 4.28. The summed E-state index contributed by atoms with van der Waals surface area (Å²) in [4.78, 5) is 20.0. The molecule has 1 N–H and O–H groups in total. The molecule has 1 aromatic carbocycles. The van der Waals surface area contributed by atoms with Gasteiger partial charge in [0, 0.05) is 11.8 Å². The number of amides is 1. The van der Waals surface area contributed by atoms with Crippen LogP contribution in [0.5, 0.6) is 0 Å². The summed E-state index contributed by atoms with van der Waals surface area (Å²) in [5, 5.41) is 6.57. The number of nitrogens with zero attached hydrogens (tertiary/aromatic N) is 3. The van der Waals surface area contributed by atoms with Crippen LogP contribution < -0.4 is 5.32 Å². The van der Waals surface area contributed by atoms with Crippen molar-refractivity contribution < 1.29 is 9.32 Å². The van der Waals surface area contributed by atoms with Gasteiger partial charge in [0.15, 0.2) is 0 Å². The largest absolute Gasteiger partial charge is 0.342 e. The van der Waals surface area contributed by atoms with E-state index in [0.29, 0.717) is 17.4 Å². The van der Waals surface area contributed by atoms with E-state index >= 15 is 0 Å². The fraction of sp³-hybridized carbons (Fsp3) is 0.0667. The van der Waals surface area contributed by atoms with Crippen LogP contribution in [-0.2, 0) is 6.54 Å². The van der Waals surface area contributed by atoms with Crippen molar-refractivity contribution in [1.29, 1.82) is 0 Å². The maximum absolute atomic E-state index is 11.8. The van der Waals surface area contributed by atoms with Gasteiger partial charge in [-0.15, -0.1) is 0 Å². The monoisotopic (exact) mass is 280 g/mol. The Morgan fingerprint density at radius 1 is 1.10 bits per heavy atom. The van der Waals surface area contributed by atoms with Gasteiger partial charge in [-0.1, -0.05) is 41.6 Å². The molecule has 0 bridgehead atoms. The first kappa shape index (κ1) is 13.0. The summed E-state index contributed by atoms with van der Waals surface area (Å²) in [5.41, 5.74) is 1.21. The van der Waals surface area contributed by atoms with Crippen LogP contribution in [0.15, 0.2) is 59.3 Å². The molecule has 0 radical (unpaired) electrons. The lowest BCUT2D eigenvalue weighted by atomic mass is 10.2. The molecule has 3 aromatic rings. The van der Waals surface area contributed by atoms with Crippen LogP contribution >= 0.6 is 0 Å². The second kappa shape index (κ2) is 5.96. The van der Waals surface area contributed by atoms with Crippen LogP contribution in [0.1, 0.15) is 16.4 Å². The summed E-state index contributed by atoms with van der Waals surface area (Å²) in [5.74, 6) is 0.561. The quantitative estimate of drug-likeness (QED) is 0.791. The number of pyridine rings is 1. The fourth-order valence-corrected chi connectivity index (χ4v) is 1.77. The third-order valence-electron chi connectivity index (χ3n) is 2.80. The third kappa shape index (κ3) is 3.11. The average molecular weight is 280 g/mol. The number of carbonyl (C=O) groups is 1. The Morgan fingerprint density at radius 2 is 1.90 bits per heavy atom. The predicted molar refractivity (Wildman–Crippen MR) is 75.1 cm³/mol. The van der Waals surface area contributed by atoms with Crippen LogP contribution in [0.25, 0.3) is 11.4 Å². The fourth-order valence-electron chi connectivity index (χ4n) is 1.77. The molecule has 0 saturated carbocycles. The first-order chi connectivity index (χ1) is 10.3. The lowest BCUT2D eigenvalue weighted by Gasteiger charge is -2.00. The minimum Gasteiger partial charge on any atom is -0.342 e. The van der Waals surface area contributed by atoms with E-state index in [-0.39, 0.29) is 12.5 Å². The summed E-state index contributed by atoms with van der Waals surface area (Å²) in [6.07, 6.45) is 1.56. The summed E-state index contributed by atoms with van der Waals surface area (Å²) < 4.78 is 5.11. The average Bonchev–Trinajstić information content (AvgIpc) is 3.03. The maximum atomic E-state index is 11.8. The van der Waals surface area contributed by atoms with E-state index in [1.165, 1.54) is 0 Å². The molecule has 2 heterocycles. The van der Waals surface area contributed by atoms with Crippen molar-refractivity contribution in [2.45, 2.75) is 6.54 Å². The van der Waals surface area contributed by atoms with E-state index in [9.17, 15) is 4.79 Å². The molecule has 0 aliphatic rings. The van der Waals surface area contributed by atoms with Crippen molar-refractivity contribution in [3.63, 3.8) is 0 Å². The number of hydrogen-bond donors (Lipinski definition) is 1. The highest BCUT2D eigenvalue weighted by atomic mass is 16.5. The lowest BCUT2D eigenvalue weighted by Crippen LogP contribution is -2.23. The van der Waals surface area contributed by atoms with Crippen molar-refractivity contribution in [3.05, 3.63) is 66.3 Å². The summed E-state index contributed by atoms with van der Waals surface area (Å²) in [7, 11) is 0. The van der Waals surface area contributed by atoms with Crippen LogP contribution in [0.2, 0.25) is 0 Å². The first-order valence-corrected chi connectivity index (χ1v) is 6.40. The maximum Gasteiger partial charge on any atom is 0.270 e. The molecular weight excluding hydrogens is 268 g/mol. The number of nitrogens with one attached hydrogen (secondary N) is 1. The van der Waals surface area contributed by atoms with Crippen molar-refractivity contribution >= 4 is 5.91 Å². The second-order valence-corrected chi connectivity index (χ2v) is 4.28. The van der Waals surface area contributed by atoms with E-state index in [2.05, 4.69) is 20.4 Å². The highest BCUT2D eigenvalue weighted by molar-refractivity contribution is 5.92. The molecule has 3 rings (SSSR count). The number of hydrogen-bond acceptors (Lipinski definition) is 5. The molecule has 0 aliphatic carbocycles. The predicted octanol–water partition coefficient (Wildman–Crippen LogP) is 2.06. The van der Waals surface area contributed by atoms with E-state index < -0.39 is 0 Å². The Hall–Kier alpha value is -3.02. The Labute approximate surface area is 120 Å². The Kier molecular flexibility index (Phi) is 3.68. The SMILES string of the molecule is O=C(NCc1nc(-c2ccccc2)no1)c1ccccn1. The van der Waals surface area contributed by atoms with Crippen LogP contribution in [-0.4, -0.2) is 21.0 Å². The van der Waals surface area contributed by atoms with Crippen molar-refractivity contribution in [2.24, 2.45) is 0 Å². The molecule has 21 heavy (non-hydrogen) atoms. The van der Waals surface area contributed by atoms with Gasteiger partial charge in [0.05, 0.1) is 6.54 Å². The zero-order chi connectivity index (χ0) is 14.5. The smallest absolute Gasteiger partial charge is 0.270 e. The molecule has 0 saturated heterocycles. The van der Waals surface area contributed by atoms with Gasteiger partial charge in [0.2, 0.25) is 11.7 Å². The minimum atomic E-state index is -0.282. The third-order valence-corrected chi connectivity index (χ3v) is 2.80. The van der Waals surface area contributed by atoms with Gasteiger partial charge in [0.1, 0.15) is 5.69 Å². The molecular formula is C15H12N4O2. The molecule has 0 fully saturated rings. The highest BCUT2D eigenvalue weighted by Crippen LogP contribution is 2.14. The normalized spacial score (nSPS) is 10.3. The lowest BCUT2D eigenvalue weighted by molar-refractivity contribution is 0.0941. The summed E-state index contributed by atoms with van der Waals surface area (Å²) >= 11 is 0. The van der Waals surface area contributed by atoms with Crippen LogP contribution in [0, 0.1) is 0 Å². The molecule has 0 unspecified atom stereocenters. The van der Waals surface area contributed by atoms with Gasteiger partial charge >= 0.3 is 0 Å². The van der Waals surface area contributed by atoms with Crippen LogP contribution in [0.4, 0.5) is 0 Å². The minimum absolute atomic E-state index is 0.162. The summed E-state index contributed by atoms with van der Waals surface area (Å²) in [6.45, 7) is 0.162. The van der Waals surface area contributed by atoms with Gasteiger partial charge in [-0.2, -0.15) is 4.98 Å². The van der Waals surface area contributed by atoms with Crippen molar-refractivity contribution in [3.8, 4) is 11.4 Å². The van der Waals surface area contributed by atoms with E-state index in [1.807, 2.05) is 30.3 Å². The Balaban J connectivity index is 1.64. The van der Waals surface area contributed by atoms with Gasteiger partial charge in [-0.25, -0.2) is 0 Å². The zero-order valence-electron chi connectivity index (χ0n) is 11.1. The number of benzene rings is 1. The molecule has 0 spiro atoms. The molecule has 6 heteroatoms. The summed E-state index contributed by atoms with van der Waals surface area (Å²) in [6, 6.07) is 14.6. The Morgan fingerprint density at radius 3 is 2.67 bits per heavy atom. The van der Waals surface area contributed by atoms with Gasteiger partial charge < -0.3 is 9.84 Å². The first-order valence-electron chi connectivity index (χ1n) is 6.40. The van der Waals surface area contributed by atoms with Crippen molar-refractivity contribution in [2.75, 3.05) is 0 Å². The topological polar surface area (TPSA) is 80.9 Å². The van der Waals surface area contributed by atoms with E-state index in [0.717, 1.165) is 5.56 Å². The molecule has 0 aliphatic heterocycles. The highest BCUT2D eigenvalue weighted by Gasteiger charge is 2.11. The van der Waals surface area contributed by atoms with Gasteiger partial charge in [0.25, 0.3) is 5.91 Å². The van der Waals surface area contributed by atoms with E-state index in [1.54, 1.807) is 24.4 Å². The van der Waals surface area contributed by atoms with Crippen molar-refractivity contribution in [1.82, 2.24) is 20.4 Å². The van der Waals surface area contributed by atoms with Gasteiger partial charge in [-0.3, -0.25) is 9.78 Å². The van der Waals surface area contributed by atoms with E-state index in [4.69, 9.17) is 4.52 Å².